The van der Waals surface area contributed by atoms with Crippen molar-refractivity contribution in [1.29, 1.82) is 0 Å². The maximum Gasteiger partial charge on any atom is 0.302 e. The standard InChI is InChI=1S/C26H33NO5S2/c1-16(2)12-13-26(25(31)27-14-8-9-18(27)15-32-17(3)28)20-11-7-6-10-19(20)22(29)21(23(26)30)24(33-4)34-5/h6-7,10-11,16,18H,8-9,12-15H2,1-5H3/t18-,26+/m1/s1. The maximum absolute atomic E-state index is 14.4. The molecule has 1 heterocycles. The Kier molecular flexibility index (Phi) is 8.68. The zero-order valence-corrected chi connectivity index (χ0v) is 22.1. The summed E-state index contributed by atoms with van der Waals surface area (Å²) in [4.78, 5) is 55.4. The fourth-order valence-electron chi connectivity index (χ4n) is 4.91. The van der Waals surface area contributed by atoms with Gasteiger partial charge >= 0.3 is 5.97 Å². The first-order valence-corrected chi connectivity index (χ1v) is 14.1. The first-order chi connectivity index (χ1) is 16.2. The van der Waals surface area contributed by atoms with Gasteiger partial charge in [0.15, 0.2) is 11.6 Å². The van der Waals surface area contributed by atoms with Crippen molar-refractivity contribution in [3.05, 3.63) is 45.2 Å². The monoisotopic (exact) mass is 503 g/mol. The number of rotatable bonds is 8. The second-order valence-corrected chi connectivity index (χ2v) is 11.1. The number of Topliss-reactive ketones (excluding diaryl/α,β-unsaturated/α-hetero) is 2. The number of hydrogen-bond donors (Lipinski definition) is 0. The molecule has 1 amide bonds. The topological polar surface area (TPSA) is 80.8 Å². The summed E-state index contributed by atoms with van der Waals surface area (Å²) in [6.45, 7) is 6.08. The van der Waals surface area contributed by atoms with E-state index < -0.39 is 17.2 Å². The van der Waals surface area contributed by atoms with Gasteiger partial charge in [-0.15, -0.1) is 23.5 Å². The molecule has 184 valence electrons. The average molecular weight is 504 g/mol. The molecule has 0 unspecified atom stereocenters. The molecule has 1 fully saturated rings. The molecule has 0 saturated carbocycles. The number of nitrogens with zero attached hydrogens (tertiary/aromatic N) is 1. The Bertz CT molecular complexity index is 1010. The highest BCUT2D eigenvalue weighted by molar-refractivity contribution is 8.21. The average Bonchev–Trinajstić information content (AvgIpc) is 3.29. The molecule has 1 aliphatic heterocycles. The molecule has 6 nitrogen and oxygen atoms in total. The molecule has 1 aromatic rings. The molecular formula is C26H33NO5S2. The number of amides is 1. The smallest absolute Gasteiger partial charge is 0.302 e. The van der Waals surface area contributed by atoms with E-state index in [0.29, 0.717) is 41.2 Å². The van der Waals surface area contributed by atoms with Gasteiger partial charge in [-0.05, 0) is 49.7 Å². The van der Waals surface area contributed by atoms with Crippen LogP contribution in [0.2, 0.25) is 0 Å². The Morgan fingerprint density at radius 1 is 1.18 bits per heavy atom. The lowest BCUT2D eigenvalue weighted by Gasteiger charge is -2.41. The Morgan fingerprint density at radius 2 is 1.85 bits per heavy atom. The van der Waals surface area contributed by atoms with Crippen LogP contribution in [0.15, 0.2) is 34.1 Å². The molecule has 0 spiro atoms. The highest BCUT2D eigenvalue weighted by atomic mass is 32.2. The number of esters is 1. The second kappa shape index (κ2) is 11.1. The molecule has 1 aliphatic carbocycles. The Morgan fingerprint density at radius 3 is 2.47 bits per heavy atom. The lowest BCUT2D eigenvalue weighted by atomic mass is 9.63. The minimum atomic E-state index is -1.47. The summed E-state index contributed by atoms with van der Waals surface area (Å²) in [6.07, 6.45) is 6.14. The molecule has 2 aliphatic rings. The van der Waals surface area contributed by atoms with E-state index in [1.54, 1.807) is 29.2 Å². The first-order valence-electron chi connectivity index (χ1n) is 11.6. The molecule has 8 heteroatoms. The molecule has 0 aromatic heterocycles. The zero-order chi connectivity index (χ0) is 25.0. The number of hydrogen-bond acceptors (Lipinski definition) is 7. The number of fused-ring (bicyclic) bond motifs is 1. The van der Waals surface area contributed by atoms with Gasteiger partial charge in [0, 0.05) is 19.0 Å². The van der Waals surface area contributed by atoms with Crippen LogP contribution in [0.1, 0.15) is 62.4 Å². The number of carbonyl (C=O) groups excluding carboxylic acids is 4. The number of carbonyl (C=O) groups is 4. The lowest BCUT2D eigenvalue weighted by molar-refractivity contribution is -0.149. The molecular weight excluding hydrogens is 470 g/mol. The van der Waals surface area contributed by atoms with Crippen molar-refractivity contribution in [3.8, 4) is 0 Å². The van der Waals surface area contributed by atoms with Gasteiger partial charge in [-0.2, -0.15) is 0 Å². The predicted molar refractivity (Wildman–Crippen MR) is 137 cm³/mol. The van der Waals surface area contributed by atoms with Gasteiger partial charge in [-0.25, -0.2) is 0 Å². The lowest BCUT2D eigenvalue weighted by Crippen LogP contribution is -2.57. The summed E-state index contributed by atoms with van der Waals surface area (Å²) in [7, 11) is 0. The fraction of sp³-hybridized carbons (Fsp3) is 0.538. The minimum Gasteiger partial charge on any atom is -0.464 e. The number of thioether (sulfide) groups is 2. The van der Waals surface area contributed by atoms with E-state index in [-0.39, 0.29) is 35.8 Å². The minimum absolute atomic E-state index is 0.111. The van der Waals surface area contributed by atoms with E-state index >= 15 is 0 Å². The summed E-state index contributed by atoms with van der Waals surface area (Å²) in [6, 6.07) is 6.77. The number of ketones is 2. The van der Waals surface area contributed by atoms with Crippen LogP contribution in [0.5, 0.6) is 0 Å². The zero-order valence-electron chi connectivity index (χ0n) is 20.5. The quantitative estimate of drug-likeness (QED) is 0.222. The van der Waals surface area contributed by atoms with Gasteiger partial charge in [0.25, 0.3) is 0 Å². The van der Waals surface area contributed by atoms with Crippen LogP contribution < -0.4 is 0 Å². The van der Waals surface area contributed by atoms with Crippen LogP contribution in [0.3, 0.4) is 0 Å². The van der Waals surface area contributed by atoms with Gasteiger partial charge in [0.1, 0.15) is 12.0 Å². The third kappa shape index (κ3) is 4.85. The Balaban J connectivity index is 2.22. The molecule has 0 bridgehead atoms. The van der Waals surface area contributed by atoms with Gasteiger partial charge in [-0.3, -0.25) is 19.2 Å². The SMILES string of the molecule is CSC(SC)=C1C(=O)c2ccccc2[C@](CCC(C)C)(C(=O)N2CCC[C@@H]2COC(C)=O)C1=O. The van der Waals surface area contributed by atoms with Gasteiger partial charge in [0.2, 0.25) is 5.91 Å². The molecule has 3 rings (SSSR count). The second-order valence-electron chi connectivity index (χ2n) is 9.21. The summed E-state index contributed by atoms with van der Waals surface area (Å²) in [5.41, 5.74) is -0.434. The normalized spacial score (nSPS) is 22.2. The van der Waals surface area contributed by atoms with Crippen molar-refractivity contribution in [3.63, 3.8) is 0 Å². The maximum atomic E-state index is 14.4. The highest BCUT2D eigenvalue weighted by Crippen LogP contribution is 2.46. The van der Waals surface area contributed by atoms with E-state index in [2.05, 4.69) is 13.8 Å². The van der Waals surface area contributed by atoms with Crippen LogP contribution in [-0.2, 0) is 24.5 Å². The van der Waals surface area contributed by atoms with Crippen LogP contribution >= 0.6 is 23.5 Å². The van der Waals surface area contributed by atoms with E-state index in [4.69, 9.17) is 4.74 Å². The van der Waals surface area contributed by atoms with Crippen molar-refractivity contribution in [2.75, 3.05) is 25.7 Å². The van der Waals surface area contributed by atoms with Crippen LogP contribution in [0.25, 0.3) is 0 Å². The molecule has 2 atom stereocenters. The number of ether oxygens (including phenoxy) is 1. The number of likely N-dealkylation sites (tertiary alicyclic amines) is 1. The third-order valence-corrected chi connectivity index (χ3v) is 8.78. The van der Waals surface area contributed by atoms with Gasteiger partial charge in [0.05, 0.1) is 15.9 Å². The molecule has 1 saturated heterocycles. The summed E-state index contributed by atoms with van der Waals surface area (Å²) < 4.78 is 5.87. The Hall–Kier alpha value is -2.06. The highest BCUT2D eigenvalue weighted by Gasteiger charge is 2.57. The van der Waals surface area contributed by atoms with E-state index in [0.717, 1.165) is 6.42 Å². The third-order valence-electron chi connectivity index (χ3n) is 6.63. The molecule has 34 heavy (non-hydrogen) atoms. The molecule has 0 N–H and O–H groups in total. The van der Waals surface area contributed by atoms with Crippen LogP contribution in [0, 0.1) is 5.92 Å². The van der Waals surface area contributed by atoms with Gasteiger partial charge in [-0.1, -0.05) is 38.1 Å². The summed E-state index contributed by atoms with van der Waals surface area (Å²) >= 11 is 2.72. The van der Waals surface area contributed by atoms with E-state index in [1.165, 1.54) is 30.4 Å². The van der Waals surface area contributed by atoms with E-state index in [9.17, 15) is 19.2 Å². The van der Waals surface area contributed by atoms with Crippen molar-refractivity contribution in [1.82, 2.24) is 4.90 Å². The van der Waals surface area contributed by atoms with Crippen molar-refractivity contribution in [2.45, 2.75) is 57.9 Å². The van der Waals surface area contributed by atoms with Crippen molar-refractivity contribution < 1.29 is 23.9 Å². The summed E-state index contributed by atoms with van der Waals surface area (Å²) in [5, 5.41) is 0. The van der Waals surface area contributed by atoms with E-state index in [1.807, 2.05) is 12.5 Å². The fourth-order valence-corrected chi connectivity index (χ4v) is 6.35. The number of allylic oxidation sites excluding steroid dienone is 1. The predicted octanol–water partition coefficient (Wildman–Crippen LogP) is 4.62. The molecule has 0 radical (unpaired) electrons. The van der Waals surface area contributed by atoms with Gasteiger partial charge < -0.3 is 9.64 Å². The molecule has 1 aromatic carbocycles. The van der Waals surface area contributed by atoms with Crippen LogP contribution in [-0.4, -0.2) is 60.0 Å². The van der Waals surface area contributed by atoms with Crippen LogP contribution in [0.4, 0.5) is 0 Å². The van der Waals surface area contributed by atoms with Crippen molar-refractivity contribution in [2.24, 2.45) is 5.92 Å². The Labute approximate surface area is 210 Å². The first kappa shape index (κ1) is 26.5. The van der Waals surface area contributed by atoms with Crippen molar-refractivity contribution >= 4 is 47.0 Å². The summed E-state index contributed by atoms with van der Waals surface area (Å²) in [5.74, 6) is -1.13. The largest absolute Gasteiger partial charge is 0.464 e. The number of benzene rings is 1.